The van der Waals surface area contributed by atoms with Gasteiger partial charge in [0.15, 0.2) is 0 Å². The number of nitriles is 1. The van der Waals surface area contributed by atoms with Crippen LogP contribution in [0.4, 0.5) is 0 Å². The molecule has 1 N–H and O–H groups in total. The Kier molecular flexibility index (Phi) is 4.08. The molecule has 4 heteroatoms. The van der Waals surface area contributed by atoms with Crippen molar-refractivity contribution >= 4 is 0 Å². The van der Waals surface area contributed by atoms with Crippen molar-refractivity contribution in [2.45, 2.75) is 38.5 Å². The minimum atomic E-state index is -0.0202. The van der Waals surface area contributed by atoms with Crippen LogP contribution in [0.3, 0.4) is 0 Å². The van der Waals surface area contributed by atoms with Crippen LogP contribution in [0.1, 0.15) is 31.4 Å². The number of methoxy groups -OCH3 is 1. The van der Waals surface area contributed by atoms with Gasteiger partial charge in [0.1, 0.15) is 5.75 Å². The first-order chi connectivity index (χ1) is 9.09. The van der Waals surface area contributed by atoms with Crippen molar-refractivity contribution in [2.24, 2.45) is 0 Å². The Morgan fingerprint density at radius 3 is 2.95 bits per heavy atom. The minimum absolute atomic E-state index is 0.0202. The van der Waals surface area contributed by atoms with Crippen LogP contribution in [0, 0.1) is 11.3 Å². The van der Waals surface area contributed by atoms with E-state index in [1.54, 1.807) is 13.2 Å². The Labute approximate surface area is 114 Å². The highest BCUT2D eigenvalue weighted by Gasteiger charge is 2.36. The normalized spacial score (nSPS) is 26.1. The largest absolute Gasteiger partial charge is 0.496 e. The number of hydrogen-bond donors (Lipinski definition) is 1. The van der Waals surface area contributed by atoms with Crippen LogP contribution in [-0.2, 0) is 11.3 Å². The molecule has 0 aliphatic carbocycles. The Hall–Kier alpha value is -1.57. The van der Waals surface area contributed by atoms with E-state index in [2.05, 4.69) is 25.2 Å². The first-order valence-corrected chi connectivity index (χ1v) is 6.53. The fourth-order valence-corrected chi connectivity index (χ4v) is 2.35. The van der Waals surface area contributed by atoms with Crippen molar-refractivity contribution in [1.82, 2.24) is 5.32 Å². The molecular weight excluding hydrogens is 240 g/mol. The van der Waals surface area contributed by atoms with Crippen LogP contribution in [-0.4, -0.2) is 25.4 Å². The highest BCUT2D eigenvalue weighted by atomic mass is 16.5. The molecule has 2 atom stereocenters. The van der Waals surface area contributed by atoms with E-state index in [4.69, 9.17) is 14.7 Å². The van der Waals surface area contributed by atoms with Gasteiger partial charge in [-0.15, -0.1) is 0 Å². The maximum absolute atomic E-state index is 8.97. The molecule has 19 heavy (non-hydrogen) atoms. The van der Waals surface area contributed by atoms with Crippen LogP contribution in [0.2, 0.25) is 0 Å². The van der Waals surface area contributed by atoms with E-state index in [1.165, 1.54) is 0 Å². The smallest absolute Gasteiger partial charge is 0.123 e. The van der Waals surface area contributed by atoms with Gasteiger partial charge in [-0.25, -0.2) is 0 Å². The van der Waals surface area contributed by atoms with Crippen LogP contribution >= 0.6 is 0 Å². The van der Waals surface area contributed by atoms with E-state index >= 15 is 0 Å². The molecule has 4 nitrogen and oxygen atoms in total. The molecule has 0 radical (unpaired) electrons. The quantitative estimate of drug-likeness (QED) is 0.902. The molecule has 1 fully saturated rings. The molecule has 2 unspecified atom stereocenters. The standard InChI is InChI=1S/C15H20N2O2/c1-11-15(2,6-7-19-11)17-10-13-8-12(9-16)4-5-14(13)18-3/h4-5,8,11,17H,6-7,10H2,1-3H3. The van der Waals surface area contributed by atoms with E-state index in [0.29, 0.717) is 12.1 Å². The molecule has 0 saturated carbocycles. The molecule has 2 rings (SSSR count). The van der Waals surface area contributed by atoms with Crippen molar-refractivity contribution in [3.8, 4) is 11.8 Å². The molecule has 1 aliphatic heterocycles. The first-order valence-electron chi connectivity index (χ1n) is 6.53. The number of hydrogen-bond acceptors (Lipinski definition) is 4. The summed E-state index contributed by atoms with van der Waals surface area (Å²) in [6.07, 6.45) is 1.19. The second kappa shape index (κ2) is 5.60. The number of nitrogens with zero attached hydrogens (tertiary/aromatic N) is 1. The highest BCUT2D eigenvalue weighted by Crippen LogP contribution is 2.27. The van der Waals surface area contributed by atoms with Gasteiger partial charge in [-0.1, -0.05) is 0 Å². The average molecular weight is 260 g/mol. The lowest BCUT2D eigenvalue weighted by molar-refractivity contribution is 0.0880. The van der Waals surface area contributed by atoms with Gasteiger partial charge in [0.25, 0.3) is 0 Å². The van der Waals surface area contributed by atoms with Crippen LogP contribution in [0.15, 0.2) is 18.2 Å². The molecule has 1 aromatic carbocycles. The van der Waals surface area contributed by atoms with E-state index < -0.39 is 0 Å². The molecule has 0 spiro atoms. The third-order valence-corrected chi connectivity index (χ3v) is 3.98. The number of rotatable bonds is 4. The second-order valence-electron chi connectivity index (χ2n) is 5.17. The zero-order chi connectivity index (χ0) is 13.9. The number of ether oxygens (including phenoxy) is 2. The van der Waals surface area contributed by atoms with Crippen molar-refractivity contribution < 1.29 is 9.47 Å². The molecule has 1 heterocycles. The molecule has 0 bridgehead atoms. The van der Waals surface area contributed by atoms with Crippen LogP contribution in [0.25, 0.3) is 0 Å². The Morgan fingerprint density at radius 1 is 1.58 bits per heavy atom. The van der Waals surface area contributed by atoms with Gasteiger partial charge in [-0.2, -0.15) is 5.26 Å². The van der Waals surface area contributed by atoms with Gasteiger partial charge in [0.2, 0.25) is 0 Å². The summed E-state index contributed by atoms with van der Waals surface area (Å²) in [5.74, 6) is 0.807. The van der Waals surface area contributed by atoms with Gasteiger partial charge in [0.05, 0.1) is 24.8 Å². The van der Waals surface area contributed by atoms with Crippen molar-refractivity contribution in [3.05, 3.63) is 29.3 Å². The van der Waals surface area contributed by atoms with E-state index in [9.17, 15) is 0 Å². The monoisotopic (exact) mass is 260 g/mol. The predicted octanol–water partition coefficient (Wildman–Crippen LogP) is 2.22. The summed E-state index contributed by atoms with van der Waals surface area (Å²) in [6, 6.07) is 7.64. The summed E-state index contributed by atoms with van der Waals surface area (Å²) in [6.45, 7) is 5.72. The molecule has 102 valence electrons. The van der Waals surface area contributed by atoms with Gasteiger partial charge in [-0.3, -0.25) is 0 Å². The minimum Gasteiger partial charge on any atom is -0.496 e. The molecule has 1 aliphatic rings. The lowest BCUT2D eigenvalue weighted by Gasteiger charge is -2.29. The predicted molar refractivity (Wildman–Crippen MR) is 73.0 cm³/mol. The zero-order valence-corrected chi connectivity index (χ0v) is 11.7. The fourth-order valence-electron chi connectivity index (χ4n) is 2.35. The summed E-state index contributed by atoms with van der Waals surface area (Å²) in [4.78, 5) is 0. The summed E-state index contributed by atoms with van der Waals surface area (Å²) in [7, 11) is 1.65. The fraction of sp³-hybridized carbons (Fsp3) is 0.533. The van der Waals surface area contributed by atoms with E-state index in [0.717, 1.165) is 24.3 Å². The molecule has 1 saturated heterocycles. The van der Waals surface area contributed by atoms with Gasteiger partial charge in [-0.05, 0) is 38.5 Å². The number of benzene rings is 1. The van der Waals surface area contributed by atoms with Crippen LogP contribution in [0.5, 0.6) is 5.75 Å². The lowest BCUT2D eigenvalue weighted by Crippen LogP contribution is -2.47. The Bertz CT molecular complexity index is 495. The molecule has 0 amide bonds. The SMILES string of the molecule is COc1ccc(C#N)cc1CNC1(C)CCOC1C. The summed E-state index contributed by atoms with van der Waals surface area (Å²) >= 11 is 0. The average Bonchev–Trinajstić information content (AvgIpc) is 2.76. The molecule has 1 aromatic rings. The number of nitrogens with one attached hydrogen (secondary N) is 1. The van der Waals surface area contributed by atoms with Crippen molar-refractivity contribution in [3.63, 3.8) is 0 Å². The summed E-state index contributed by atoms with van der Waals surface area (Å²) in [5.41, 5.74) is 1.63. The van der Waals surface area contributed by atoms with Gasteiger partial charge in [0, 0.05) is 24.3 Å². The van der Waals surface area contributed by atoms with Crippen molar-refractivity contribution in [2.75, 3.05) is 13.7 Å². The second-order valence-corrected chi connectivity index (χ2v) is 5.17. The third kappa shape index (κ3) is 2.89. The Morgan fingerprint density at radius 2 is 2.37 bits per heavy atom. The van der Waals surface area contributed by atoms with Gasteiger partial charge < -0.3 is 14.8 Å². The lowest BCUT2D eigenvalue weighted by atomic mass is 9.94. The third-order valence-electron chi connectivity index (χ3n) is 3.98. The van der Waals surface area contributed by atoms with Crippen molar-refractivity contribution in [1.29, 1.82) is 5.26 Å². The summed E-state index contributed by atoms with van der Waals surface area (Å²) < 4.78 is 11.0. The topological polar surface area (TPSA) is 54.3 Å². The Balaban J connectivity index is 2.12. The first kappa shape index (κ1) is 13.9. The van der Waals surface area contributed by atoms with Gasteiger partial charge >= 0.3 is 0 Å². The maximum atomic E-state index is 8.97. The molecule has 0 aromatic heterocycles. The van der Waals surface area contributed by atoms with E-state index in [1.807, 2.05) is 12.1 Å². The highest BCUT2D eigenvalue weighted by molar-refractivity contribution is 5.42. The van der Waals surface area contributed by atoms with E-state index in [-0.39, 0.29) is 11.6 Å². The molecular formula is C15H20N2O2. The summed E-state index contributed by atoms with van der Waals surface area (Å²) in [5, 5.41) is 12.5. The zero-order valence-electron chi connectivity index (χ0n) is 11.7. The maximum Gasteiger partial charge on any atom is 0.123 e. The van der Waals surface area contributed by atoms with Crippen LogP contribution < -0.4 is 10.1 Å².